The molecule has 0 aromatic rings. The molecule has 1 saturated carbocycles. The molecule has 0 saturated heterocycles. The van der Waals surface area contributed by atoms with Gasteiger partial charge in [0.1, 0.15) is 5.60 Å². The Morgan fingerprint density at radius 3 is 1.93 bits per heavy atom. The van der Waals surface area contributed by atoms with Crippen LogP contribution in [0.15, 0.2) is 0 Å². The van der Waals surface area contributed by atoms with E-state index in [1.165, 1.54) is 32.1 Å². The van der Waals surface area contributed by atoms with Gasteiger partial charge in [0.25, 0.3) is 0 Å². The molecule has 0 aliphatic heterocycles. The summed E-state index contributed by atoms with van der Waals surface area (Å²) < 4.78 is 11.0. The number of rotatable bonds is 11. The first-order valence-corrected chi connectivity index (χ1v) is 11.1. The molecule has 1 aliphatic carbocycles. The number of hydrogen-bond donors (Lipinski definition) is 0. The van der Waals surface area contributed by atoms with Crippen molar-refractivity contribution in [1.82, 2.24) is 0 Å². The van der Waals surface area contributed by atoms with Gasteiger partial charge in [-0.15, -0.1) is 0 Å². The van der Waals surface area contributed by atoms with Gasteiger partial charge in [0.15, 0.2) is 0 Å². The Morgan fingerprint density at radius 1 is 0.852 bits per heavy atom. The third-order valence-electron chi connectivity index (χ3n) is 5.20. The van der Waals surface area contributed by atoms with Gasteiger partial charge < -0.3 is 9.47 Å². The van der Waals surface area contributed by atoms with E-state index in [0.29, 0.717) is 6.61 Å². The molecular formula is C23H42O4. The predicted octanol–water partition coefficient (Wildman–Crippen LogP) is 6.06. The lowest BCUT2D eigenvalue weighted by Gasteiger charge is -2.31. The normalized spacial score (nSPS) is 20.5. The number of esters is 2. The van der Waals surface area contributed by atoms with Crippen LogP contribution < -0.4 is 0 Å². The van der Waals surface area contributed by atoms with Crippen molar-refractivity contribution in [3.63, 3.8) is 0 Å². The minimum Gasteiger partial charge on any atom is -0.465 e. The van der Waals surface area contributed by atoms with Crippen LogP contribution in [-0.4, -0.2) is 24.1 Å². The van der Waals surface area contributed by atoms with E-state index in [1.807, 2.05) is 20.8 Å². The Balaban J connectivity index is 2.24. The maximum absolute atomic E-state index is 12.5. The van der Waals surface area contributed by atoms with Gasteiger partial charge in [0.05, 0.1) is 18.4 Å². The fraction of sp³-hybridized carbons (Fsp3) is 0.913. The summed E-state index contributed by atoms with van der Waals surface area (Å²) in [5.41, 5.74) is -0.516. The molecule has 1 rings (SSSR count). The molecule has 0 N–H and O–H groups in total. The molecule has 4 nitrogen and oxygen atoms in total. The lowest BCUT2D eigenvalue weighted by atomic mass is 9.79. The summed E-state index contributed by atoms with van der Waals surface area (Å²) in [6, 6.07) is 0. The highest BCUT2D eigenvalue weighted by Crippen LogP contribution is 2.33. The molecule has 1 fully saturated rings. The molecule has 0 radical (unpaired) electrons. The standard InChI is InChI=1S/C23H42O4/c1-18(2)14-10-8-6-7-9-13-17-26-21(24)19-15-11-12-16-20(19)22(25)27-23(3,4)5/h18-20H,6-17H2,1-5H3. The number of unbranched alkanes of at least 4 members (excludes halogenated alkanes) is 5. The Kier molecular flexibility index (Phi) is 11.0. The van der Waals surface area contributed by atoms with Crippen LogP contribution in [0.2, 0.25) is 0 Å². The molecule has 2 atom stereocenters. The monoisotopic (exact) mass is 382 g/mol. The third-order valence-corrected chi connectivity index (χ3v) is 5.20. The van der Waals surface area contributed by atoms with Gasteiger partial charge in [0.2, 0.25) is 0 Å². The van der Waals surface area contributed by atoms with Gasteiger partial charge in [-0.1, -0.05) is 65.2 Å². The summed E-state index contributed by atoms with van der Waals surface area (Å²) in [5.74, 6) is -0.321. The third kappa shape index (κ3) is 10.8. The summed E-state index contributed by atoms with van der Waals surface area (Å²) in [6.07, 6.45) is 11.9. The maximum atomic E-state index is 12.5. The maximum Gasteiger partial charge on any atom is 0.310 e. The van der Waals surface area contributed by atoms with E-state index in [-0.39, 0.29) is 23.8 Å². The van der Waals surface area contributed by atoms with Gasteiger partial charge in [-0.3, -0.25) is 9.59 Å². The van der Waals surface area contributed by atoms with Crippen LogP contribution in [-0.2, 0) is 19.1 Å². The molecule has 0 aromatic carbocycles. The smallest absolute Gasteiger partial charge is 0.310 e. The fourth-order valence-corrected chi connectivity index (χ4v) is 3.71. The minimum absolute atomic E-state index is 0.206. The SMILES string of the molecule is CC(C)CCCCCCCCOC(=O)C1CCCCC1C(=O)OC(C)(C)C. The molecule has 0 amide bonds. The number of carbonyl (C=O) groups excluding carboxylic acids is 2. The molecule has 0 heterocycles. The molecule has 2 unspecified atom stereocenters. The molecule has 0 spiro atoms. The first-order chi connectivity index (χ1) is 12.7. The highest BCUT2D eigenvalue weighted by Gasteiger charge is 2.39. The average Bonchev–Trinajstić information content (AvgIpc) is 2.58. The molecular weight excluding hydrogens is 340 g/mol. The van der Waals surface area contributed by atoms with Crippen LogP contribution in [0.5, 0.6) is 0 Å². The van der Waals surface area contributed by atoms with E-state index in [2.05, 4.69) is 13.8 Å². The van der Waals surface area contributed by atoms with Crippen molar-refractivity contribution < 1.29 is 19.1 Å². The van der Waals surface area contributed by atoms with E-state index in [9.17, 15) is 9.59 Å². The van der Waals surface area contributed by atoms with Crippen molar-refractivity contribution in [3.05, 3.63) is 0 Å². The lowest BCUT2D eigenvalue weighted by molar-refractivity contribution is -0.170. The summed E-state index contributed by atoms with van der Waals surface area (Å²) in [5, 5.41) is 0. The Labute approximate surface area is 166 Å². The highest BCUT2D eigenvalue weighted by atomic mass is 16.6. The molecule has 158 valence electrons. The van der Waals surface area contributed by atoms with Crippen LogP contribution in [0.4, 0.5) is 0 Å². The van der Waals surface area contributed by atoms with E-state index in [0.717, 1.165) is 44.4 Å². The van der Waals surface area contributed by atoms with Gasteiger partial charge in [0, 0.05) is 0 Å². The van der Waals surface area contributed by atoms with Gasteiger partial charge in [-0.2, -0.15) is 0 Å². The highest BCUT2D eigenvalue weighted by molar-refractivity contribution is 5.82. The fourth-order valence-electron chi connectivity index (χ4n) is 3.71. The quantitative estimate of drug-likeness (QED) is 0.322. The van der Waals surface area contributed by atoms with E-state index in [1.54, 1.807) is 0 Å². The lowest BCUT2D eigenvalue weighted by Crippen LogP contribution is -2.38. The second-order valence-corrected chi connectivity index (χ2v) is 9.50. The Hall–Kier alpha value is -1.06. The van der Waals surface area contributed by atoms with Crippen molar-refractivity contribution in [1.29, 1.82) is 0 Å². The number of ether oxygens (including phenoxy) is 2. The topological polar surface area (TPSA) is 52.6 Å². The van der Waals surface area contributed by atoms with Crippen LogP contribution in [0.1, 0.15) is 105 Å². The number of carbonyl (C=O) groups is 2. The summed E-state index contributed by atoms with van der Waals surface area (Å²) in [6.45, 7) is 10.6. The second-order valence-electron chi connectivity index (χ2n) is 9.50. The van der Waals surface area contributed by atoms with Crippen LogP contribution in [0.25, 0.3) is 0 Å². The van der Waals surface area contributed by atoms with Crippen LogP contribution >= 0.6 is 0 Å². The zero-order valence-electron chi connectivity index (χ0n) is 18.4. The van der Waals surface area contributed by atoms with Crippen LogP contribution in [0.3, 0.4) is 0 Å². The number of hydrogen-bond acceptors (Lipinski definition) is 4. The molecule has 0 aromatic heterocycles. The second kappa shape index (κ2) is 12.4. The average molecular weight is 383 g/mol. The van der Waals surface area contributed by atoms with Gasteiger partial charge in [-0.25, -0.2) is 0 Å². The first kappa shape index (κ1) is 24.0. The Morgan fingerprint density at radius 2 is 1.37 bits per heavy atom. The molecule has 1 aliphatic rings. The van der Waals surface area contributed by atoms with Crippen molar-refractivity contribution in [2.75, 3.05) is 6.61 Å². The van der Waals surface area contributed by atoms with Crippen molar-refractivity contribution in [2.45, 2.75) is 111 Å². The van der Waals surface area contributed by atoms with Crippen LogP contribution in [0, 0.1) is 17.8 Å². The molecule has 0 bridgehead atoms. The van der Waals surface area contributed by atoms with Gasteiger partial charge in [-0.05, 0) is 46.0 Å². The van der Waals surface area contributed by atoms with E-state index < -0.39 is 5.60 Å². The van der Waals surface area contributed by atoms with E-state index >= 15 is 0 Å². The molecule has 27 heavy (non-hydrogen) atoms. The Bertz CT molecular complexity index is 436. The largest absolute Gasteiger partial charge is 0.465 e. The van der Waals surface area contributed by atoms with Gasteiger partial charge >= 0.3 is 11.9 Å². The summed E-state index contributed by atoms with van der Waals surface area (Å²) >= 11 is 0. The zero-order chi connectivity index (χ0) is 20.3. The zero-order valence-corrected chi connectivity index (χ0v) is 18.4. The predicted molar refractivity (Wildman–Crippen MR) is 109 cm³/mol. The summed E-state index contributed by atoms with van der Waals surface area (Å²) in [4.78, 5) is 24.9. The van der Waals surface area contributed by atoms with E-state index in [4.69, 9.17) is 9.47 Å². The first-order valence-electron chi connectivity index (χ1n) is 11.1. The van der Waals surface area contributed by atoms with Crippen molar-refractivity contribution in [3.8, 4) is 0 Å². The summed E-state index contributed by atoms with van der Waals surface area (Å²) in [7, 11) is 0. The minimum atomic E-state index is -0.516. The van der Waals surface area contributed by atoms with Crippen molar-refractivity contribution in [2.24, 2.45) is 17.8 Å². The van der Waals surface area contributed by atoms with Crippen molar-refractivity contribution >= 4 is 11.9 Å². The molecule has 4 heteroatoms.